The molecule has 1 aliphatic heterocycles. The Morgan fingerprint density at radius 1 is 1.58 bits per heavy atom. The van der Waals surface area contributed by atoms with Crippen molar-refractivity contribution in [2.24, 2.45) is 0 Å². The van der Waals surface area contributed by atoms with E-state index in [1.165, 1.54) is 10.6 Å². The Morgan fingerprint density at radius 3 is 2.75 bits per heavy atom. The molecule has 0 N–H and O–H groups in total. The van der Waals surface area contributed by atoms with Crippen molar-refractivity contribution in [3.05, 3.63) is 0 Å². The zero-order chi connectivity index (χ0) is 9.19. The Labute approximate surface area is 73.6 Å². The lowest BCUT2D eigenvalue weighted by molar-refractivity contribution is 0.149. The Hall–Kier alpha value is -0.130. The molecule has 0 bridgehead atoms. The number of hydrogen-bond acceptors (Lipinski definition) is 3. The summed E-state index contributed by atoms with van der Waals surface area (Å²) in [6.07, 6.45) is 3.11. The summed E-state index contributed by atoms with van der Waals surface area (Å²) < 4.78 is 28.8. The summed E-state index contributed by atoms with van der Waals surface area (Å²) in [5, 5.41) is 0. The van der Waals surface area contributed by atoms with E-state index in [0.717, 1.165) is 12.8 Å². The normalized spacial score (nSPS) is 26.3. The second-order valence-electron chi connectivity index (χ2n) is 3.13. The van der Waals surface area contributed by atoms with Crippen molar-refractivity contribution in [1.29, 1.82) is 0 Å². The minimum absolute atomic E-state index is 0.0602. The molecule has 12 heavy (non-hydrogen) atoms. The first-order valence-corrected chi connectivity index (χ1v) is 5.86. The van der Waals surface area contributed by atoms with Crippen LogP contribution in [0.25, 0.3) is 0 Å². The molecule has 0 unspecified atom stereocenters. The van der Waals surface area contributed by atoms with Gasteiger partial charge in [-0.25, -0.2) is 8.42 Å². The van der Waals surface area contributed by atoms with Gasteiger partial charge in [-0.2, -0.15) is 4.31 Å². The zero-order valence-electron chi connectivity index (χ0n) is 7.49. The van der Waals surface area contributed by atoms with Gasteiger partial charge in [0.25, 0.3) is 0 Å². The summed E-state index contributed by atoms with van der Waals surface area (Å²) in [7, 11) is -1.42. The van der Waals surface area contributed by atoms with Gasteiger partial charge in [0.1, 0.15) is 0 Å². The molecule has 1 aliphatic rings. The second-order valence-corrected chi connectivity index (χ2v) is 5.06. The molecule has 0 saturated carbocycles. The van der Waals surface area contributed by atoms with E-state index < -0.39 is 10.0 Å². The lowest BCUT2D eigenvalue weighted by Gasteiger charge is -2.20. The molecule has 1 saturated heterocycles. The molecule has 1 rings (SSSR count). The number of rotatable bonds is 3. The maximum atomic E-state index is 11.2. The van der Waals surface area contributed by atoms with E-state index in [2.05, 4.69) is 0 Å². The van der Waals surface area contributed by atoms with Crippen LogP contribution in [0.2, 0.25) is 0 Å². The highest BCUT2D eigenvalue weighted by atomic mass is 32.2. The molecular weight excluding hydrogens is 178 g/mol. The van der Waals surface area contributed by atoms with Crippen LogP contribution >= 0.6 is 0 Å². The molecule has 0 aliphatic carbocycles. The van der Waals surface area contributed by atoms with Crippen LogP contribution < -0.4 is 0 Å². The van der Waals surface area contributed by atoms with E-state index in [0.29, 0.717) is 13.2 Å². The molecule has 1 fully saturated rings. The first-order valence-electron chi connectivity index (χ1n) is 4.01. The van der Waals surface area contributed by atoms with Gasteiger partial charge in [-0.3, -0.25) is 0 Å². The maximum absolute atomic E-state index is 11.2. The van der Waals surface area contributed by atoms with E-state index in [-0.39, 0.29) is 6.04 Å². The topological polar surface area (TPSA) is 46.6 Å². The van der Waals surface area contributed by atoms with Crippen LogP contribution in [-0.2, 0) is 14.8 Å². The highest BCUT2D eigenvalue weighted by Gasteiger charge is 2.30. The Kier molecular flexibility index (Phi) is 3.09. The van der Waals surface area contributed by atoms with Crippen molar-refractivity contribution < 1.29 is 13.2 Å². The minimum atomic E-state index is -3.02. The van der Waals surface area contributed by atoms with Gasteiger partial charge in [0.15, 0.2) is 0 Å². The van der Waals surface area contributed by atoms with Crippen LogP contribution in [0.5, 0.6) is 0 Å². The Bertz CT molecular complexity index is 237. The fourth-order valence-electron chi connectivity index (χ4n) is 1.60. The van der Waals surface area contributed by atoms with Crippen LogP contribution in [0.15, 0.2) is 0 Å². The van der Waals surface area contributed by atoms with Crippen LogP contribution in [0.1, 0.15) is 12.8 Å². The quantitative estimate of drug-likeness (QED) is 0.636. The zero-order valence-corrected chi connectivity index (χ0v) is 8.30. The van der Waals surface area contributed by atoms with Gasteiger partial charge in [-0.15, -0.1) is 0 Å². The third-order valence-corrected chi connectivity index (χ3v) is 3.44. The average molecular weight is 193 g/mol. The number of methoxy groups -OCH3 is 1. The largest absolute Gasteiger partial charge is 0.383 e. The summed E-state index contributed by atoms with van der Waals surface area (Å²) in [6, 6.07) is 0.0602. The number of hydrogen-bond donors (Lipinski definition) is 0. The molecule has 0 radical (unpaired) electrons. The first-order chi connectivity index (χ1) is 5.55. The van der Waals surface area contributed by atoms with Crippen molar-refractivity contribution in [1.82, 2.24) is 4.31 Å². The van der Waals surface area contributed by atoms with Gasteiger partial charge < -0.3 is 4.74 Å². The molecule has 0 amide bonds. The molecular formula is C7H15NO3S. The molecule has 0 aromatic carbocycles. The Balaban J connectivity index is 2.64. The predicted octanol–water partition coefficient (Wildman–Crippen LogP) is 0.0568. The maximum Gasteiger partial charge on any atom is 0.211 e. The first kappa shape index (κ1) is 9.95. The van der Waals surface area contributed by atoms with Gasteiger partial charge in [-0.1, -0.05) is 0 Å². The summed E-state index contributed by atoms with van der Waals surface area (Å²) in [5.74, 6) is 0. The molecule has 0 aromatic heterocycles. The van der Waals surface area contributed by atoms with Crippen molar-refractivity contribution >= 4 is 10.0 Å². The third kappa shape index (κ3) is 2.18. The smallest absolute Gasteiger partial charge is 0.211 e. The molecule has 5 heteroatoms. The molecule has 0 spiro atoms. The summed E-state index contributed by atoms with van der Waals surface area (Å²) in [6.45, 7) is 1.15. The summed E-state index contributed by atoms with van der Waals surface area (Å²) >= 11 is 0. The molecule has 1 heterocycles. The van der Waals surface area contributed by atoms with Crippen LogP contribution in [0.3, 0.4) is 0 Å². The predicted molar refractivity (Wildman–Crippen MR) is 46.4 cm³/mol. The van der Waals surface area contributed by atoms with Gasteiger partial charge >= 0.3 is 0 Å². The van der Waals surface area contributed by atoms with Gasteiger partial charge in [-0.05, 0) is 12.8 Å². The second kappa shape index (κ2) is 3.72. The summed E-state index contributed by atoms with van der Waals surface area (Å²) in [4.78, 5) is 0. The van der Waals surface area contributed by atoms with Gasteiger partial charge in [0.05, 0.1) is 12.9 Å². The van der Waals surface area contributed by atoms with E-state index in [1.54, 1.807) is 7.11 Å². The van der Waals surface area contributed by atoms with Crippen LogP contribution in [-0.4, -0.2) is 45.3 Å². The van der Waals surface area contributed by atoms with E-state index in [9.17, 15) is 8.42 Å². The van der Waals surface area contributed by atoms with Gasteiger partial charge in [0.2, 0.25) is 10.0 Å². The standard InChI is InChI=1S/C7H15NO3S/c1-11-6-7-4-3-5-8(7)12(2,9)10/h7H,3-6H2,1-2H3/t7-/m1/s1. The minimum Gasteiger partial charge on any atom is -0.383 e. The molecule has 4 nitrogen and oxygen atoms in total. The fraction of sp³-hybridized carbons (Fsp3) is 1.00. The summed E-state index contributed by atoms with van der Waals surface area (Å²) in [5.41, 5.74) is 0. The van der Waals surface area contributed by atoms with Crippen LogP contribution in [0.4, 0.5) is 0 Å². The van der Waals surface area contributed by atoms with Crippen molar-refractivity contribution in [2.75, 3.05) is 26.5 Å². The monoisotopic (exact) mass is 193 g/mol. The highest BCUT2D eigenvalue weighted by molar-refractivity contribution is 7.88. The average Bonchev–Trinajstić information content (AvgIpc) is 2.34. The van der Waals surface area contributed by atoms with Crippen molar-refractivity contribution in [2.45, 2.75) is 18.9 Å². The lowest BCUT2D eigenvalue weighted by atomic mass is 10.2. The number of ether oxygens (including phenoxy) is 1. The van der Waals surface area contributed by atoms with Gasteiger partial charge in [0, 0.05) is 19.7 Å². The lowest BCUT2D eigenvalue weighted by Crippen LogP contribution is -2.37. The van der Waals surface area contributed by atoms with Crippen molar-refractivity contribution in [3.63, 3.8) is 0 Å². The third-order valence-electron chi connectivity index (χ3n) is 2.11. The molecule has 1 atom stereocenters. The highest BCUT2D eigenvalue weighted by Crippen LogP contribution is 2.19. The fourth-order valence-corrected chi connectivity index (χ4v) is 2.77. The Morgan fingerprint density at radius 2 is 2.25 bits per heavy atom. The van der Waals surface area contributed by atoms with Crippen LogP contribution in [0, 0.1) is 0 Å². The number of nitrogens with zero attached hydrogens (tertiary/aromatic N) is 1. The van der Waals surface area contributed by atoms with E-state index in [4.69, 9.17) is 4.74 Å². The molecule has 72 valence electrons. The SMILES string of the molecule is COC[C@H]1CCCN1S(C)(=O)=O. The van der Waals surface area contributed by atoms with Crippen molar-refractivity contribution in [3.8, 4) is 0 Å². The van der Waals surface area contributed by atoms with E-state index in [1.807, 2.05) is 0 Å². The molecule has 0 aromatic rings. The number of sulfonamides is 1. The van der Waals surface area contributed by atoms with E-state index >= 15 is 0 Å².